The van der Waals surface area contributed by atoms with Crippen LogP contribution >= 0.6 is 23.4 Å². The molecule has 1 aliphatic heterocycles. The van der Waals surface area contributed by atoms with E-state index in [1.165, 1.54) is 5.56 Å². The van der Waals surface area contributed by atoms with Gasteiger partial charge in [-0.05, 0) is 46.4 Å². The Morgan fingerprint density at radius 2 is 1.73 bits per heavy atom. The molecular weight excluding hydrogens is 452 g/mol. The van der Waals surface area contributed by atoms with Gasteiger partial charge < -0.3 is 5.32 Å². The van der Waals surface area contributed by atoms with Crippen LogP contribution in [0.5, 0.6) is 0 Å². The van der Waals surface area contributed by atoms with E-state index in [1.54, 1.807) is 11.8 Å². The van der Waals surface area contributed by atoms with Crippen LogP contribution in [0.3, 0.4) is 0 Å². The highest BCUT2D eigenvalue weighted by Crippen LogP contribution is 2.42. The van der Waals surface area contributed by atoms with Gasteiger partial charge in [0.15, 0.2) is 0 Å². The Hall–Kier alpha value is -2.76. The summed E-state index contributed by atoms with van der Waals surface area (Å²) in [6, 6.07) is 25.1. The van der Waals surface area contributed by atoms with E-state index in [0.29, 0.717) is 11.4 Å². The molecule has 4 rings (SSSR count). The first-order chi connectivity index (χ1) is 15.7. The number of hydrogen-bond acceptors (Lipinski definition) is 3. The lowest BCUT2D eigenvalue weighted by Crippen LogP contribution is -2.28. The van der Waals surface area contributed by atoms with E-state index in [2.05, 4.69) is 38.2 Å². The van der Waals surface area contributed by atoms with Crippen LogP contribution in [0.1, 0.15) is 48.2 Å². The molecule has 0 saturated carbocycles. The van der Waals surface area contributed by atoms with Crippen LogP contribution in [0.25, 0.3) is 0 Å². The van der Waals surface area contributed by atoms with Gasteiger partial charge in [0.25, 0.3) is 0 Å². The number of anilines is 2. The van der Waals surface area contributed by atoms with Gasteiger partial charge >= 0.3 is 0 Å². The fraction of sp³-hybridized carbons (Fsp3) is 0.259. The molecule has 3 aromatic rings. The second-order valence-corrected chi connectivity index (χ2v) is 10.6. The van der Waals surface area contributed by atoms with Gasteiger partial charge in [0.05, 0.1) is 5.75 Å². The van der Waals surface area contributed by atoms with Crippen molar-refractivity contribution in [1.82, 2.24) is 0 Å². The van der Waals surface area contributed by atoms with E-state index in [-0.39, 0.29) is 22.6 Å². The Labute approximate surface area is 204 Å². The van der Waals surface area contributed by atoms with Crippen LogP contribution in [0.15, 0.2) is 78.9 Å². The van der Waals surface area contributed by atoms with Crippen LogP contribution < -0.4 is 10.2 Å². The van der Waals surface area contributed by atoms with E-state index in [9.17, 15) is 9.59 Å². The summed E-state index contributed by atoms with van der Waals surface area (Å²) in [5.41, 5.74) is 4.50. The molecule has 0 spiro atoms. The second-order valence-electron chi connectivity index (χ2n) is 9.11. The van der Waals surface area contributed by atoms with Gasteiger partial charge in [0.1, 0.15) is 10.8 Å². The van der Waals surface area contributed by atoms with Crippen molar-refractivity contribution < 1.29 is 9.59 Å². The number of nitrogens with one attached hydrogen (secondary N) is 1. The molecule has 2 amide bonds. The third-order valence-corrected chi connectivity index (χ3v) is 7.30. The number of hydrogen-bond donors (Lipinski definition) is 1. The molecule has 1 N–H and O–H groups in total. The van der Waals surface area contributed by atoms with Crippen LogP contribution in [0.2, 0.25) is 0 Å². The lowest BCUT2D eigenvalue weighted by Gasteiger charge is -2.26. The molecule has 1 saturated heterocycles. The van der Waals surface area contributed by atoms with Crippen LogP contribution in [-0.2, 0) is 15.0 Å². The first-order valence-electron chi connectivity index (χ1n) is 10.9. The summed E-state index contributed by atoms with van der Waals surface area (Å²) in [6.07, 6.45) is 0. The lowest BCUT2D eigenvalue weighted by molar-refractivity contribution is -0.116. The van der Waals surface area contributed by atoms with Crippen molar-refractivity contribution in [2.75, 3.05) is 16.0 Å². The normalized spacial score (nSPS) is 17.2. The number of alkyl halides is 1. The highest BCUT2D eigenvalue weighted by atomic mass is 35.5. The number of benzene rings is 3. The van der Waals surface area contributed by atoms with Crippen LogP contribution in [-0.4, -0.2) is 17.6 Å². The van der Waals surface area contributed by atoms with Crippen molar-refractivity contribution in [3.8, 4) is 0 Å². The summed E-state index contributed by atoms with van der Waals surface area (Å²) in [7, 11) is 0. The molecule has 1 aliphatic rings. The smallest absolute Gasteiger partial charge is 0.246 e. The first-order valence-corrected chi connectivity index (χ1v) is 12.4. The third-order valence-electron chi connectivity index (χ3n) is 5.64. The molecule has 1 heterocycles. The topological polar surface area (TPSA) is 49.4 Å². The van der Waals surface area contributed by atoms with Crippen molar-refractivity contribution in [2.45, 2.75) is 36.9 Å². The van der Waals surface area contributed by atoms with E-state index >= 15 is 0 Å². The molecule has 4 nitrogen and oxygen atoms in total. The highest BCUT2D eigenvalue weighted by molar-refractivity contribution is 8.00. The molecule has 33 heavy (non-hydrogen) atoms. The third kappa shape index (κ3) is 5.26. The SMILES string of the molecule is CC(C)(C)c1ccc(N2C(=O)CS[C@@H]2c2cccc(NC(=O)[C@H](Cl)c3ccccc3)c2)cc1. The quantitative estimate of drug-likeness (QED) is 0.416. The Morgan fingerprint density at radius 1 is 1.03 bits per heavy atom. The van der Waals surface area contributed by atoms with E-state index in [4.69, 9.17) is 11.6 Å². The van der Waals surface area contributed by atoms with Gasteiger partial charge in [-0.2, -0.15) is 0 Å². The zero-order valence-corrected chi connectivity index (χ0v) is 20.5. The molecule has 0 aromatic heterocycles. The molecule has 3 aromatic carbocycles. The maximum Gasteiger partial charge on any atom is 0.246 e. The Morgan fingerprint density at radius 3 is 2.39 bits per heavy atom. The van der Waals surface area contributed by atoms with Gasteiger partial charge in [-0.1, -0.05) is 75.4 Å². The largest absolute Gasteiger partial charge is 0.324 e. The minimum atomic E-state index is -0.782. The second kappa shape index (κ2) is 9.62. The molecular formula is C27H27ClN2O2S. The van der Waals surface area contributed by atoms with Gasteiger partial charge in [0, 0.05) is 11.4 Å². The number of carbonyl (C=O) groups is 2. The van der Waals surface area contributed by atoms with Gasteiger partial charge in [-0.25, -0.2) is 0 Å². The summed E-state index contributed by atoms with van der Waals surface area (Å²) in [6.45, 7) is 6.51. The van der Waals surface area contributed by atoms with Gasteiger partial charge in [-0.3, -0.25) is 14.5 Å². The Kier molecular flexibility index (Phi) is 6.82. The summed E-state index contributed by atoms with van der Waals surface area (Å²) in [4.78, 5) is 27.3. The van der Waals surface area contributed by atoms with Crippen molar-refractivity contribution in [3.63, 3.8) is 0 Å². The van der Waals surface area contributed by atoms with Crippen LogP contribution in [0.4, 0.5) is 11.4 Å². The number of amides is 2. The summed E-state index contributed by atoms with van der Waals surface area (Å²) >= 11 is 7.96. The summed E-state index contributed by atoms with van der Waals surface area (Å²) in [5.74, 6) is 0.206. The highest BCUT2D eigenvalue weighted by Gasteiger charge is 2.34. The molecule has 6 heteroatoms. The predicted molar refractivity (Wildman–Crippen MR) is 138 cm³/mol. The molecule has 0 bridgehead atoms. The number of thioether (sulfide) groups is 1. The van der Waals surface area contributed by atoms with Gasteiger partial charge in [-0.15, -0.1) is 23.4 Å². The van der Waals surface area contributed by atoms with E-state index in [1.807, 2.05) is 71.6 Å². The van der Waals surface area contributed by atoms with Crippen molar-refractivity contribution in [2.24, 2.45) is 0 Å². The molecule has 2 atom stereocenters. The monoisotopic (exact) mass is 478 g/mol. The summed E-state index contributed by atoms with van der Waals surface area (Å²) < 4.78 is 0. The van der Waals surface area contributed by atoms with Crippen LogP contribution in [0, 0.1) is 0 Å². The zero-order valence-electron chi connectivity index (χ0n) is 18.9. The first kappa shape index (κ1) is 23.4. The van der Waals surface area contributed by atoms with Crippen molar-refractivity contribution >= 4 is 46.6 Å². The minimum Gasteiger partial charge on any atom is -0.324 e. The fourth-order valence-electron chi connectivity index (χ4n) is 3.82. The van der Waals surface area contributed by atoms with E-state index < -0.39 is 5.38 Å². The average molecular weight is 479 g/mol. The molecule has 170 valence electrons. The van der Waals surface area contributed by atoms with E-state index in [0.717, 1.165) is 16.8 Å². The number of rotatable bonds is 5. The number of halogens is 1. The number of carbonyl (C=O) groups excluding carboxylic acids is 2. The number of nitrogens with zero attached hydrogens (tertiary/aromatic N) is 1. The molecule has 0 unspecified atom stereocenters. The standard InChI is InChI=1S/C27H27ClN2O2S/c1-27(2,3)20-12-14-22(15-13-20)30-23(31)17-33-26(30)19-10-7-11-21(16-19)29-25(32)24(28)18-8-5-4-6-9-18/h4-16,24,26H,17H2,1-3H3,(H,29,32)/t24-,26-/m1/s1. The molecule has 1 fully saturated rings. The fourth-order valence-corrected chi connectivity index (χ4v) is 5.19. The molecule has 0 aliphatic carbocycles. The average Bonchev–Trinajstić information content (AvgIpc) is 3.20. The predicted octanol–water partition coefficient (Wildman–Crippen LogP) is 6.68. The molecule has 0 radical (unpaired) electrons. The Bertz CT molecular complexity index is 1140. The Balaban J connectivity index is 1.54. The summed E-state index contributed by atoms with van der Waals surface area (Å²) in [5, 5.41) is 1.97. The van der Waals surface area contributed by atoms with Crippen molar-refractivity contribution in [3.05, 3.63) is 95.6 Å². The maximum atomic E-state index is 12.8. The zero-order chi connectivity index (χ0) is 23.6. The maximum absolute atomic E-state index is 12.8. The minimum absolute atomic E-state index is 0.0499. The lowest BCUT2D eigenvalue weighted by atomic mass is 9.87. The van der Waals surface area contributed by atoms with Crippen molar-refractivity contribution in [1.29, 1.82) is 0 Å². The van der Waals surface area contributed by atoms with Gasteiger partial charge in [0.2, 0.25) is 11.8 Å².